The highest BCUT2D eigenvalue weighted by molar-refractivity contribution is 5.48. The zero-order valence-corrected chi connectivity index (χ0v) is 9.83. The summed E-state index contributed by atoms with van der Waals surface area (Å²) in [7, 11) is 0. The van der Waals surface area contributed by atoms with Crippen LogP contribution in [0.2, 0.25) is 0 Å². The number of rotatable bonds is 4. The van der Waals surface area contributed by atoms with Crippen LogP contribution in [-0.2, 0) is 0 Å². The van der Waals surface area contributed by atoms with Crippen LogP contribution in [0.4, 0.5) is 0 Å². The molecule has 1 aromatic rings. The number of piperazine rings is 1. The van der Waals surface area contributed by atoms with Gasteiger partial charge in [-0.1, -0.05) is 42.5 Å². The quantitative estimate of drug-likeness (QED) is 0.743. The van der Waals surface area contributed by atoms with Crippen molar-refractivity contribution in [1.82, 2.24) is 9.91 Å². The molecule has 1 aliphatic rings. The summed E-state index contributed by atoms with van der Waals surface area (Å²) in [6.45, 7) is 4.22. The predicted molar refractivity (Wildman–Crippen MR) is 69.3 cm³/mol. The van der Waals surface area contributed by atoms with Crippen molar-refractivity contribution in [2.24, 2.45) is 5.29 Å². The number of benzene rings is 1. The van der Waals surface area contributed by atoms with Gasteiger partial charge < -0.3 is 0 Å². The molecule has 0 amide bonds. The van der Waals surface area contributed by atoms with E-state index in [0.717, 1.165) is 32.7 Å². The Labute approximate surface area is 101 Å². The number of hydrogen-bond acceptors (Lipinski definition) is 3. The van der Waals surface area contributed by atoms with Gasteiger partial charge in [0.1, 0.15) is 0 Å². The molecule has 0 aliphatic carbocycles. The van der Waals surface area contributed by atoms with Crippen LogP contribution in [0.3, 0.4) is 0 Å². The van der Waals surface area contributed by atoms with Gasteiger partial charge in [0.05, 0.1) is 18.4 Å². The lowest BCUT2D eigenvalue weighted by atomic mass is 10.2. The molecule has 17 heavy (non-hydrogen) atoms. The Morgan fingerprint density at radius 1 is 1.12 bits per heavy atom. The minimum atomic E-state index is 0.739. The van der Waals surface area contributed by atoms with Crippen LogP contribution in [0.1, 0.15) is 5.56 Å². The van der Waals surface area contributed by atoms with Gasteiger partial charge in [0.2, 0.25) is 0 Å². The van der Waals surface area contributed by atoms with Crippen LogP contribution in [0, 0.1) is 4.91 Å². The third kappa shape index (κ3) is 3.67. The highest BCUT2D eigenvalue weighted by Gasteiger charge is 2.14. The van der Waals surface area contributed by atoms with E-state index in [-0.39, 0.29) is 0 Å². The van der Waals surface area contributed by atoms with E-state index >= 15 is 0 Å². The number of nitroso groups, excluding NO2 is 1. The summed E-state index contributed by atoms with van der Waals surface area (Å²) in [6.07, 6.45) is 4.30. The molecule has 1 aliphatic heterocycles. The van der Waals surface area contributed by atoms with Gasteiger partial charge in [-0.2, -0.15) is 0 Å². The summed E-state index contributed by atoms with van der Waals surface area (Å²) in [4.78, 5) is 12.6. The molecule has 2 rings (SSSR count). The van der Waals surface area contributed by atoms with Gasteiger partial charge in [-0.15, -0.1) is 4.91 Å². The topological polar surface area (TPSA) is 35.9 Å². The van der Waals surface area contributed by atoms with E-state index in [9.17, 15) is 4.91 Å². The standard InChI is InChI=1S/C13H17N3O/c17-14-16-11-9-15(10-12-16)8-4-7-13-5-2-1-3-6-13/h1-7H,8-12H2/b7-4+. The van der Waals surface area contributed by atoms with E-state index < -0.39 is 0 Å². The van der Waals surface area contributed by atoms with Crippen molar-refractivity contribution in [3.63, 3.8) is 0 Å². The SMILES string of the molecule is O=NN1CCN(C/C=C/c2ccccc2)CC1. The van der Waals surface area contributed by atoms with Crippen LogP contribution in [0.25, 0.3) is 6.08 Å². The van der Waals surface area contributed by atoms with Crippen molar-refractivity contribution in [3.05, 3.63) is 46.9 Å². The molecule has 4 nitrogen and oxygen atoms in total. The normalized spacial score (nSPS) is 17.5. The van der Waals surface area contributed by atoms with Crippen molar-refractivity contribution in [2.75, 3.05) is 32.7 Å². The average Bonchev–Trinajstić information content (AvgIpc) is 2.41. The van der Waals surface area contributed by atoms with Crippen molar-refractivity contribution in [2.45, 2.75) is 0 Å². The molecule has 1 fully saturated rings. The van der Waals surface area contributed by atoms with Crippen LogP contribution >= 0.6 is 0 Å². The van der Waals surface area contributed by atoms with E-state index in [1.54, 1.807) is 5.01 Å². The molecule has 0 atom stereocenters. The summed E-state index contributed by atoms with van der Waals surface area (Å²) in [5, 5.41) is 4.53. The molecule has 4 heteroatoms. The van der Waals surface area contributed by atoms with Gasteiger partial charge in [0.25, 0.3) is 0 Å². The molecule has 0 spiro atoms. The van der Waals surface area contributed by atoms with Crippen molar-refractivity contribution in [3.8, 4) is 0 Å². The molecule has 0 aromatic heterocycles. The van der Waals surface area contributed by atoms with Gasteiger partial charge in [-0.25, -0.2) is 0 Å². The second-order valence-corrected chi connectivity index (χ2v) is 4.15. The zero-order valence-electron chi connectivity index (χ0n) is 9.83. The molecule has 0 unspecified atom stereocenters. The van der Waals surface area contributed by atoms with Gasteiger partial charge in [-0.3, -0.25) is 9.91 Å². The lowest BCUT2D eigenvalue weighted by Crippen LogP contribution is -2.43. The zero-order chi connectivity index (χ0) is 11.9. The molecule has 1 aromatic carbocycles. The van der Waals surface area contributed by atoms with Crippen LogP contribution < -0.4 is 0 Å². The largest absolute Gasteiger partial charge is 0.296 e. The fourth-order valence-electron chi connectivity index (χ4n) is 1.90. The van der Waals surface area contributed by atoms with E-state index in [4.69, 9.17) is 0 Å². The molecule has 1 heterocycles. The van der Waals surface area contributed by atoms with Gasteiger partial charge in [0, 0.05) is 19.6 Å². The second-order valence-electron chi connectivity index (χ2n) is 4.15. The average molecular weight is 231 g/mol. The maximum absolute atomic E-state index is 10.3. The lowest BCUT2D eigenvalue weighted by Gasteiger charge is -2.30. The smallest absolute Gasteiger partial charge is 0.0524 e. The highest BCUT2D eigenvalue weighted by atomic mass is 16.3. The first kappa shape index (κ1) is 11.8. The predicted octanol–water partition coefficient (Wildman–Crippen LogP) is 2.00. The minimum Gasteiger partial charge on any atom is -0.296 e. The monoisotopic (exact) mass is 231 g/mol. The Morgan fingerprint density at radius 2 is 1.82 bits per heavy atom. The summed E-state index contributed by atoms with van der Waals surface area (Å²) in [6, 6.07) is 10.3. The molecular weight excluding hydrogens is 214 g/mol. The van der Waals surface area contributed by atoms with Crippen LogP contribution in [0.15, 0.2) is 41.7 Å². The second kappa shape index (κ2) is 6.15. The fraction of sp³-hybridized carbons (Fsp3) is 0.385. The van der Waals surface area contributed by atoms with Crippen LogP contribution in [0.5, 0.6) is 0 Å². The van der Waals surface area contributed by atoms with E-state index in [1.807, 2.05) is 18.2 Å². The lowest BCUT2D eigenvalue weighted by molar-refractivity contribution is 0.145. The summed E-state index contributed by atoms with van der Waals surface area (Å²) < 4.78 is 0. The molecule has 90 valence electrons. The third-order valence-corrected chi connectivity index (χ3v) is 2.94. The first-order valence-electron chi connectivity index (χ1n) is 5.90. The van der Waals surface area contributed by atoms with Gasteiger partial charge >= 0.3 is 0 Å². The molecule has 0 N–H and O–H groups in total. The number of hydrogen-bond donors (Lipinski definition) is 0. The van der Waals surface area contributed by atoms with Crippen LogP contribution in [-0.4, -0.2) is 42.6 Å². The Morgan fingerprint density at radius 3 is 2.47 bits per heavy atom. The summed E-state index contributed by atoms with van der Waals surface area (Å²) in [5.74, 6) is 0. The minimum absolute atomic E-state index is 0.739. The van der Waals surface area contributed by atoms with Crippen molar-refractivity contribution >= 4 is 6.08 Å². The Bertz CT molecular complexity index is 370. The summed E-state index contributed by atoms with van der Waals surface area (Å²) >= 11 is 0. The molecule has 0 radical (unpaired) electrons. The fourth-order valence-corrected chi connectivity index (χ4v) is 1.90. The first-order chi connectivity index (χ1) is 8.38. The maximum atomic E-state index is 10.3. The van der Waals surface area contributed by atoms with E-state index in [0.29, 0.717) is 0 Å². The van der Waals surface area contributed by atoms with E-state index in [1.165, 1.54) is 5.56 Å². The Balaban J connectivity index is 1.76. The van der Waals surface area contributed by atoms with Gasteiger partial charge in [-0.05, 0) is 5.56 Å². The van der Waals surface area contributed by atoms with Gasteiger partial charge in [0.15, 0.2) is 0 Å². The van der Waals surface area contributed by atoms with E-state index in [2.05, 4.69) is 34.5 Å². The number of nitrogens with zero attached hydrogens (tertiary/aromatic N) is 3. The van der Waals surface area contributed by atoms with Crippen molar-refractivity contribution in [1.29, 1.82) is 0 Å². The summed E-state index contributed by atoms with van der Waals surface area (Å²) in [5.41, 5.74) is 1.22. The highest BCUT2D eigenvalue weighted by Crippen LogP contribution is 2.04. The molecular formula is C13H17N3O. The van der Waals surface area contributed by atoms with Crippen molar-refractivity contribution < 1.29 is 0 Å². The molecule has 0 saturated carbocycles. The molecule has 0 bridgehead atoms. The Kier molecular flexibility index (Phi) is 4.27. The maximum Gasteiger partial charge on any atom is 0.0524 e. The first-order valence-corrected chi connectivity index (χ1v) is 5.90. The third-order valence-electron chi connectivity index (χ3n) is 2.94. The Hall–Kier alpha value is -1.68. The molecule has 1 saturated heterocycles.